The molecule has 0 N–H and O–H groups in total. The summed E-state index contributed by atoms with van der Waals surface area (Å²) in [7, 11) is 1.73. The fourth-order valence-corrected chi connectivity index (χ4v) is 4.54. The maximum Gasteiger partial charge on any atom is 0.233 e. The van der Waals surface area contributed by atoms with Gasteiger partial charge in [0.1, 0.15) is 0 Å². The molecular formula is C20H22N2O3. The van der Waals surface area contributed by atoms with E-state index in [2.05, 4.69) is 12.2 Å². The number of rotatable bonds is 4. The van der Waals surface area contributed by atoms with Crippen molar-refractivity contribution in [1.29, 1.82) is 0 Å². The maximum atomic E-state index is 12.6. The largest absolute Gasteiger partial charge is 0.315 e. The molecule has 1 saturated carbocycles. The second-order valence-electron chi connectivity index (χ2n) is 7.37. The summed E-state index contributed by atoms with van der Waals surface area (Å²) in [6.07, 6.45) is 5.24. The van der Waals surface area contributed by atoms with Crippen molar-refractivity contribution in [2.75, 3.05) is 18.5 Å². The van der Waals surface area contributed by atoms with Crippen molar-refractivity contribution in [3.05, 3.63) is 42.0 Å². The van der Waals surface area contributed by atoms with E-state index in [1.54, 1.807) is 11.9 Å². The Bertz CT molecular complexity index is 755. The zero-order valence-electron chi connectivity index (χ0n) is 14.5. The summed E-state index contributed by atoms with van der Waals surface area (Å²) in [4.78, 5) is 40.6. The number of benzene rings is 1. The smallest absolute Gasteiger partial charge is 0.233 e. The Morgan fingerprint density at radius 2 is 1.80 bits per heavy atom. The molecule has 0 spiro atoms. The van der Waals surface area contributed by atoms with Gasteiger partial charge < -0.3 is 4.90 Å². The highest BCUT2D eigenvalue weighted by Crippen LogP contribution is 2.52. The van der Waals surface area contributed by atoms with Crippen LogP contribution in [0.1, 0.15) is 18.4 Å². The number of amides is 3. The normalized spacial score (nSPS) is 29.4. The number of hydrogen-bond acceptors (Lipinski definition) is 3. The van der Waals surface area contributed by atoms with E-state index in [0.717, 1.165) is 17.7 Å². The number of hydrogen-bond donors (Lipinski definition) is 0. The summed E-state index contributed by atoms with van der Waals surface area (Å²) in [5.41, 5.74) is 1.90. The lowest BCUT2D eigenvalue weighted by Crippen LogP contribution is -2.37. The molecule has 0 unspecified atom stereocenters. The van der Waals surface area contributed by atoms with E-state index in [1.807, 2.05) is 31.2 Å². The van der Waals surface area contributed by atoms with E-state index in [4.69, 9.17) is 0 Å². The Morgan fingerprint density at radius 3 is 2.40 bits per heavy atom. The van der Waals surface area contributed by atoms with Gasteiger partial charge in [-0.2, -0.15) is 0 Å². The number of likely N-dealkylation sites (tertiary alicyclic amines) is 1. The molecule has 0 radical (unpaired) electrons. The van der Waals surface area contributed by atoms with Crippen LogP contribution in [-0.4, -0.2) is 36.2 Å². The van der Waals surface area contributed by atoms with Gasteiger partial charge in [-0.15, -0.1) is 0 Å². The van der Waals surface area contributed by atoms with E-state index in [-0.39, 0.29) is 54.4 Å². The molecule has 2 aliphatic carbocycles. The standard InChI is InChI=1S/C20H22N2O3/c1-12-4-3-5-15(10-12)21(2)16(23)8-9-22-19(24)17-13-6-7-14(11-13)18(17)20(22)25/h3-7,10,13-14,17-18H,8-9,11H2,1-2H3/t13-,14-,17-,18-/m0/s1. The second kappa shape index (κ2) is 5.83. The van der Waals surface area contributed by atoms with Crippen LogP contribution in [-0.2, 0) is 14.4 Å². The summed E-state index contributed by atoms with van der Waals surface area (Å²) in [5.74, 6) is -0.219. The van der Waals surface area contributed by atoms with Gasteiger partial charge in [0.25, 0.3) is 0 Å². The predicted octanol–water partition coefficient (Wildman–Crippen LogP) is 2.16. The van der Waals surface area contributed by atoms with E-state index in [9.17, 15) is 14.4 Å². The van der Waals surface area contributed by atoms with E-state index >= 15 is 0 Å². The highest BCUT2D eigenvalue weighted by Gasteiger charge is 2.59. The summed E-state index contributed by atoms with van der Waals surface area (Å²) < 4.78 is 0. The van der Waals surface area contributed by atoms with Gasteiger partial charge in [-0.25, -0.2) is 0 Å². The molecule has 130 valence electrons. The van der Waals surface area contributed by atoms with Gasteiger partial charge in [-0.3, -0.25) is 19.3 Å². The molecule has 4 atom stereocenters. The first-order chi connectivity index (χ1) is 12.0. The average molecular weight is 338 g/mol. The topological polar surface area (TPSA) is 57.7 Å². The first kappa shape index (κ1) is 16.1. The van der Waals surface area contributed by atoms with Crippen LogP contribution < -0.4 is 4.90 Å². The minimum Gasteiger partial charge on any atom is -0.315 e. The molecule has 25 heavy (non-hydrogen) atoms. The first-order valence-corrected chi connectivity index (χ1v) is 8.84. The summed E-state index contributed by atoms with van der Waals surface area (Å²) in [6, 6.07) is 7.71. The van der Waals surface area contributed by atoms with Crippen molar-refractivity contribution in [3.8, 4) is 0 Å². The molecule has 0 aromatic heterocycles. The Kier molecular flexibility index (Phi) is 3.74. The fourth-order valence-electron chi connectivity index (χ4n) is 4.54. The summed E-state index contributed by atoms with van der Waals surface area (Å²) >= 11 is 0. The minimum atomic E-state index is -0.188. The molecule has 5 heteroatoms. The molecule has 1 aliphatic heterocycles. The summed E-state index contributed by atoms with van der Waals surface area (Å²) in [5, 5.41) is 0. The molecule has 1 aromatic rings. The molecule has 5 nitrogen and oxygen atoms in total. The van der Waals surface area contributed by atoms with Gasteiger partial charge in [0.15, 0.2) is 0 Å². The Labute approximate surface area is 147 Å². The zero-order chi connectivity index (χ0) is 17.7. The lowest BCUT2D eigenvalue weighted by molar-refractivity contribution is -0.140. The third kappa shape index (κ3) is 2.49. The van der Waals surface area contributed by atoms with Crippen molar-refractivity contribution in [2.24, 2.45) is 23.7 Å². The number of carbonyl (C=O) groups excluding carboxylic acids is 3. The van der Waals surface area contributed by atoms with E-state index in [1.165, 1.54) is 4.90 Å². The molecular weight excluding hydrogens is 316 g/mol. The van der Waals surface area contributed by atoms with Crippen LogP contribution in [0.25, 0.3) is 0 Å². The van der Waals surface area contributed by atoms with Crippen LogP contribution in [0, 0.1) is 30.6 Å². The monoisotopic (exact) mass is 338 g/mol. The second-order valence-corrected chi connectivity index (χ2v) is 7.37. The molecule has 1 saturated heterocycles. The SMILES string of the molecule is Cc1cccc(N(C)C(=O)CCN2C(=O)[C@@H]3[C@@H](C2=O)[C@H]2C=C[C@H]3C2)c1. The molecule has 2 fully saturated rings. The quantitative estimate of drug-likeness (QED) is 0.624. The number of allylic oxidation sites excluding steroid dienone is 2. The van der Waals surface area contributed by atoms with Crippen LogP contribution in [0.3, 0.4) is 0 Å². The van der Waals surface area contributed by atoms with E-state index in [0.29, 0.717) is 0 Å². The van der Waals surface area contributed by atoms with Crippen molar-refractivity contribution in [2.45, 2.75) is 19.8 Å². The number of fused-ring (bicyclic) bond motifs is 5. The Morgan fingerprint density at radius 1 is 1.16 bits per heavy atom. The van der Waals surface area contributed by atoms with Crippen LogP contribution in [0.5, 0.6) is 0 Å². The van der Waals surface area contributed by atoms with Gasteiger partial charge in [-0.05, 0) is 42.9 Å². The van der Waals surface area contributed by atoms with Gasteiger partial charge >= 0.3 is 0 Å². The fraction of sp³-hybridized carbons (Fsp3) is 0.450. The number of nitrogens with zero attached hydrogens (tertiary/aromatic N) is 2. The number of anilines is 1. The first-order valence-electron chi connectivity index (χ1n) is 8.84. The minimum absolute atomic E-state index is 0.0853. The molecule has 3 amide bonds. The van der Waals surface area contributed by atoms with E-state index < -0.39 is 0 Å². The Balaban J connectivity index is 1.41. The predicted molar refractivity (Wildman–Crippen MR) is 93.6 cm³/mol. The van der Waals surface area contributed by atoms with Gasteiger partial charge in [-0.1, -0.05) is 24.3 Å². The zero-order valence-corrected chi connectivity index (χ0v) is 14.5. The molecule has 3 aliphatic rings. The van der Waals surface area contributed by atoms with Crippen molar-refractivity contribution >= 4 is 23.4 Å². The number of carbonyl (C=O) groups is 3. The van der Waals surface area contributed by atoms with Crippen molar-refractivity contribution in [1.82, 2.24) is 4.90 Å². The molecule has 1 heterocycles. The number of aryl methyl sites for hydroxylation is 1. The number of imide groups is 1. The Hall–Kier alpha value is -2.43. The van der Waals surface area contributed by atoms with Crippen molar-refractivity contribution in [3.63, 3.8) is 0 Å². The third-order valence-corrected chi connectivity index (χ3v) is 5.87. The maximum absolute atomic E-state index is 12.6. The van der Waals surface area contributed by atoms with Gasteiger partial charge in [0.05, 0.1) is 11.8 Å². The lowest BCUT2D eigenvalue weighted by Gasteiger charge is -2.21. The lowest BCUT2D eigenvalue weighted by atomic mass is 9.85. The summed E-state index contributed by atoms with van der Waals surface area (Å²) in [6.45, 7) is 2.16. The average Bonchev–Trinajstić information content (AvgIpc) is 3.27. The van der Waals surface area contributed by atoms with Gasteiger partial charge in [0.2, 0.25) is 17.7 Å². The highest BCUT2D eigenvalue weighted by atomic mass is 16.2. The van der Waals surface area contributed by atoms with Crippen LogP contribution in [0.15, 0.2) is 36.4 Å². The van der Waals surface area contributed by atoms with Crippen LogP contribution in [0.4, 0.5) is 5.69 Å². The van der Waals surface area contributed by atoms with Crippen LogP contribution >= 0.6 is 0 Å². The molecule has 2 bridgehead atoms. The van der Waals surface area contributed by atoms with Gasteiger partial charge in [0, 0.05) is 25.7 Å². The molecule has 4 rings (SSSR count). The third-order valence-electron chi connectivity index (χ3n) is 5.87. The van der Waals surface area contributed by atoms with Crippen molar-refractivity contribution < 1.29 is 14.4 Å². The molecule has 1 aromatic carbocycles. The van der Waals surface area contributed by atoms with Crippen LogP contribution in [0.2, 0.25) is 0 Å². The highest BCUT2D eigenvalue weighted by molar-refractivity contribution is 6.06.